The number of carbonyl (C=O) groups is 1. The fourth-order valence-corrected chi connectivity index (χ4v) is 4.48. The van der Waals surface area contributed by atoms with Gasteiger partial charge in [-0.2, -0.15) is 0 Å². The number of thiophene rings is 1. The van der Waals surface area contributed by atoms with Crippen LogP contribution in [0.25, 0.3) is 0 Å². The first-order chi connectivity index (χ1) is 13.4. The topological polar surface area (TPSA) is 42.0 Å². The van der Waals surface area contributed by atoms with Crippen molar-refractivity contribution in [2.75, 3.05) is 27.3 Å². The largest absolute Gasteiger partial charge is 0.493 e. The van der Waals surface area contributed by atoms with Gasteiger partial charge in [0, 0.05) is 35.4 Å². The van der Waals surface area contributed by atoms with Crippen molar-refractivity contribution in [3.8, 4) is 11.5 Å². The van der Waals surface area contributed by atoms with Crippen molar-refractivity contribution in [2.24, 2.45) is 0 Å². The zero-order chi connectivity index (χ0) is 20.3. The van der Waals surface area contributed by atoms with Crippen molar-refractivity contribution in [1.29, 1.82) is 0 Å². The van der Waals surface area contributed by atoms with E-state index < -0.39 is 0 Å². The van der Waals surface area contributed by atoms with E-state index in [4.69, 9.17) is 9.47 Å². The van der Waals surface area contributed by atoms with Crippen LogP contribution in [0.1, 0.15) is 34.7 Å². The molecule has 1 aliphatic heterocycles. The van der Waals surface area contributed by atoms with E-state index in [-0.39, 0.29) is 5.91 Å². The lowest BCUT2D eigenvalue weighted by Gasteiger charge is -2.33. The molecule has 0 aliphatic carbocycles. The Labute approximate surface area is 171 Å². The molecule has 1 aliphatic rings. The number of benzene rings is 1. The smallest absolute Gasteiger partial charge is 0.237 e. The molecule has 0 unspecified atom stereocenters. The Bertz CT molecular complexity index is 831. The highest BCUT2D eigenvalue weighted by Crippen LogP contribution is 2.33. The molecule has 0 N–H and O–H groups in total. The molecule has 2 aromatic rings. The highest BCUT2D eigenvalue weighted by Gasteiger charge is 2.25. The van der Waals surface area contributed by atoms with E-state index in [0.29, 0.717) is 24.9 Å². The van der Waals surface area contributed by atoms with Crippen LogP contribution in [0, 0.1) is 6.92 Å². The fourth-order valence-electron chi connectivity index (χ4n) is 3.56. The molecule has 1 aromatic carbocycles. The number of amides is 1. The van der Waals surface area contributed by atoms with Gasteiger partial charge < -0.3 is 14.4 Å². The van der Waals surface area contributed by atoms with Crippen LogP contribution in [0.3, 0.4) is 0 Å². The van der Waals surface area contributed by atoms with Crippen LogP contribution in [0.15, 0.2) is 24.3 Å². The molecule has 3 rings (SSSR count). The van der Waals surface area contributed by atoms with Gasteiger partial charge in [0.15, 0.2) is 11.5 Å². The lowest BCUT2D eigenvalue weighted by Crippen LogP contribution is -2.44. The monoisotopic (exact) mass is 402 g/mol. The molecule has 0 saturated carbocycles. The maximum absolute atomic E-state index is 13.0. The molecule has 28 heavy (non-hydrogen) atoms. The molecule has 0 fully saturated rings. The number of fused-ring (bicyclic) bond motifs is 1. The summed E-state index contributed by atoms with van der Waals surface area (Å²) in [5, 5.41) is 0. The normalized spacial score (nSPS) is 13.8. The molecule has 2 heterocycles. The number of methoxy groups -OCH3 is 2. The first kappa shape index (κ1) is 20.7. The Morgan fingerprint density at radius 2 is 1.86 bits per heavy atom. The number of rotatable bonds is 7. The Morgan fingerprint density at radius 1 is 1.18 bits per heavy atom. The molecule has 0 saturated heterocycles. The highest BCUT2D eigenvalue weighted by molar-refractivity contribution is 7.11. The molecule has 1 aromatic heterocycles. The van der Waals surface area contributed by atoms with Gasteiger partial charge in [-0.05, 0) is 62.6 Å². The van der Waals surface area contributed by atoms with E-state index in [1.54, 1.807) is 25.6 Å². The van der Waals surface area contributed by atoms with Crippen molar-refractivity contribution in [3.63, 3.8) is 0 Å². The SMILES string of the molecule is COc1cc2c(cc1OC)CN(C(=O)CN(Cc1ccc(C)s1)C(C)C)CC2. The van der Waals surface area contributed by atoms with Gasteiger partial charge in [-0.15, -0.1) is 11.3 Å². The van der Waals surface area contributed by atoms with Gasteiger partial charge >= 0.3 is 0 Å². The Balaban J connectivity index is 1.69. The molecule has 6 heteroatoms. The van der Waals surface area contributed by atoms with Gasteiger partial charge in [-0.25, -0.2) is 0 Å². The summed E-state index contributed by atoms with van der Waals surface area (Å²) in [4.78, 5) is 19.8. The number of hydrogen-bond donors (Lipinski definition) is 0. The average Bonchev–Trinajstić information content (AvgIpc) is 3.10. The second kappa shape index (κ2) is 8.97. The molecular weight excluding hydrogens is 372 g/mol. The number of hydrogen-bond acceptors (Lipinski definition) is 5. The number of carbonyl (C=O) groups excluding carboxylic acids is 1. The van der Waals surface area contributed by atoms with Crippen molar-refractivity contribution < 1.29 is 14.3 Å². The predicted octanol–water partition coefficient (Wildman–Crippen LogP) is 3.87. The summed E-state index contributed by atoms with van der Waals surface area (Å²) in [6.45, 7) is 9.04. The number of aryl methyl sites for hydroxylation is 1. The third-order valence-corrected chi connectivity index (χ3v) is 6.28. The van der Waals surface area contributed by atoms with Crippen LogP contribution in [0.5, 0.6) is 11.5 Å². The van der Waals surface area contributed by atoms with Crippen molar-refractivity contribution in [1.82, 2.24) is 9.80 Å². The molecule has 0 bridgehead atoms. The molecule has 1 amide bonds. The van der Waals surface area contributed by atoms with E-state index >= 15 is 0 Å². The van der Waals surface area contributed by atoms with Crippen LogP contribution in [0.4, 0.5) is 0 Å². The second-order valence-corrected chi connectivity index (χ2v) is 8.92. The number of nitrogens with zero attached hydrogens (tertiary/aromatic N) is 2. The van der Waals surface area contributed by atoms with Crippen molar-refractivity contribution in [2.45, 2.75) is 46.3 Å². The Hall–Kier alpha value is -2.05. The van der Waals surface area contributed by atoms with Gasteiger partial charge in [0.25, 0.3) is 0 Å². The van der Waals surface area contributed by atoms with Crippen molar-refractivity contribution in [3.05, 3.63) is 45.1 Å². The zero-order valence-corrected chi connectivity index (χ0v) is 18.3. The third kappa shape index (κ3) is 4.67. The van der Waals surface area contributed by atoms with Crippen LogP contribution in [0.2, 0.25) is 0 Å². The summed E-state index contributed by atoms with van der Waals surface area (Å²) in [6, 6.07) is 8.66. The predicted molar refractivity (Wildman–Crippen MR) is 113 cm³/mol. The summed E-state index contributed by atoms with van der Waals surface area (Å²) >= 11 is 1.80. The van der Waals surface area contributed by atoms with Crippen LogP contribution >= 0.6 is 11.3 Å². The Kier molecular flexibility index (Phi) is 6.62. The standard InChI is InChI=1S/C22H30N2O3S/c1-15(2)24(13-19-7-6-16(3)28-19)14-22(25)23-9-8-17-10-20(26-4)21(27-5)11-18(17)12-23/h6-7,10-11,15H,8-9,12-14H2,1-5H3. The summed E-state index contributed by atoms with van der Waals surface area (Å²) in [7, 11) is 3.29. The quantitative estimate of drug-likeness (QED) is 0.705. The molecule has 0 spiro atoms. The molecule has 0 radical (unpaired) electrons. The molecular formula is C22H30N2O3S. The van der Waals surface area contributed by atoms with E-state index in [9.17, 15) is 4.79 Å². The summed E-state index contributed by atoms with van der Waals surface area (Å²) in [5.41, 5.74) is 2.37. The fraction of sp³-hybridized carbons (Fsp3) is 0.500. The highest BCUT2D eigenvalue weighted by atomic mass is 32.1. The average molecular weight is 403 g/mol. The Morgan fingerprint density at radius 3 is 2.43 bits per heavy atom. The molecule has 5 nitrogen and oxygen atoms in total. The lowest BCUT2D eigenvalue weighted by atomic mass is 9.98. The van der Waals surface area contributed by atoms with Crippen molar-refractivity contribution >= 4 is 17.2 Å². The van der Waals surface area contributed by atoms with Gasteiger partial charge in [0.2, 0.25) is 5.91 Å². The maximum Gasteiger partial charge on any atom is 0.237 e. The van der Waals surface area contributed by atoms with Crippen LogP contribution < -0.4 is 9.47 Å². The van der Waals surface area contributed by atoms with Gasteiger partial charge in [-0.3, -0.25) is 9.69 Å². The maximum atomic E-state index is 13.0. The lowest BCUT2D eigenvalue weighted by molar-refractivity contribution is -0.134. The minimum atomic E-state index is 0.183. The summed E-state index contributed by atoms with van der Waals surface area (Å²) < 4.78 is 10.8. The molecule has 0 atom stereocenters. The van der Waals surface area contributed by atoms with E-state index in [2.05, 4.69) is 37.8 Å². The van der Waals surface area contributed by atoms with E-state index in [1.807, 2.05) is 17.0 Å². The van der Waals surface area contributed by atoms with Crippen LogP contribution in [-0.2, 0) is 24.3 Å². The third-order valence-electron chi connectivity index (χ3n) is 5.29. The van der Waals surface area contributed by atoms with E-state index in [0.717, 1.165) is 30.8 Å². The van der Waals surface area contributed by atoms with E-state index in [1.165, 1.54) is 15.3 Å². The summed E-state index contributed by atoms with van der Waals surface area (Å²) in [6.07, 6.45) is 0.841. The van der Waals surface area contributed by atoms with Gasteiger partial charge in [-0.1, -0.05) is 0 Å². The second-order valence-electron chi connectivity index (χ2n) is 7.55. The number of ether oxygens (including phenoxy) is 2. The minimum absolute atomic E-state index is 0.183. The first-order valence-corrected chi connectivity index (χ1v) is 10.5. The summed E-state index contributed by atoms with van der Waals surface area (Å²) in [5.74, 6) is 1.65. The zero-order valence-electron chi connectivity index (χ0n) is 17.4. The minimum Gasteiger partial charge on any atom is -0.493 e. The first-order valence-electron chi connectivity index (χ1n) is 9.72. The van der Waals surface area contributed by atoms with Gasteiger partial charge in [0.1, 0.15) is 0 Å². The van der Waals surface area contributed by atoms with Gasteiger partial charge in [0.05, 0.1) is 20.8 Å². The molecule has 152 valence electrons. The van der Waals surface area contributed by atoms with Crippen LogP contribution in [-0.4, -0.2) is 49.1 Å².